The van der Waals surface area contributed by atoms with Gasteiger partial charge in [0.2, 0.25) is 0 Å². The molecule has 3 aromatic rings. The third kappa shape index (κ3) is 11.3. The van der Waals surface area contributed by atoms with Gasteiger partial charge in [-0.15, -0.1) is 0 Å². The average molecular weight is 678 g/mol. The Morgan fingerprint density at radius 1 is 0.959 bits per heavy atom. The summed E-state index contributed by atoms with van der Waals surface area (Å²) in [6.07, 6.45) is -0.0165. The maximum absolute atomic E-state index is 13.5. The number of carbonyl (C=O) groups is 2. The highest BCUT2D eigenvalue weighted by atomic mass is 19.4. The lowest BCUT2D eigenvalue weighted by Gasteiger charge is -2.29. The van der Waals surface area contributed by atoms with Crippen LogP contribution in [0.25, 0.3) is 0 Å². The third-order valence-electron chi connectivity index (χ3n) is 8.52. The minimum atomic E-state index is -4.49. The van der Waals surface area contributed by atoms with Gasteiger partial charge in [-0.25, -0.2) is 0 Å². The molecule has 49 heavy (non-hydrogen) atoms. The summed E-state index contributed by atoms with van der Waals surface area (Å²) in [6.45, 7) is 10.7. The number of rotatable bonds is 14. The van der Waals surface area contributed by atoms with Gasteiger partial charge in [-0.2, -0.15) is 18.2 Å². The van der Waals surface area contributed by atoms with Gasteiger partial charge in [-0.1, -0.05) is 32.0 Å². The first-order chi connectivity index (χ1) is 23.5. The zero-order valence-electron chi connectivity index (χ0n) is 28.5. The number of benzene rings is 3. The predicted octanol–water partition coefficient (Wildman–Crippen LogP) is 7.01. The van der Waals surface area contributed by atoms with E-state index >= 15 is 0 Å². The molecule has 0 bridgehead atoms. The Hall–Kier alpha value is -4.55. The summed E-state index contributed by atoms with van der Waals surface area (Å²) in [6, 6.07) is 17.3. The van der Waals surface area contributed by atoms with E-state index in [4.69, 9.17) is 5.73 Å². The Morgan fingerprint density at radius 3 is 2.35 bits per heavy atom. The summed E-state index contributed by atoms with van der Waals surface area (Å²) in [4.78, 5) is 41.7. The zero-order chi connectivity index (χ0) is 35.4. The molecule has 1 fully saturated rings. The van der Waals surface area contributed by atoms with Crippen molar-refractivity contribution in [2.45, 2.75) is 52.3 Å². The number of hydrogen-bond donors (Lipinski definition) is 2. The number of piperidine rings is 1. The first-order valence-electron chi connectivity index (χ1n) is 16.7. The quantitative estimate of drug-likeness (QED) is 0.141. The Balaban J connectivity index is 1.47. The molecular weight excluding hydrogens is 631 g/mol. The fraction of sp³-hybridized carbons (Fsp3) is 0.405. The second-order valence-corrected chi connectivity index (χ2v) is 12.2. The number of carbonyl (C=O) groups excluding carboxylic acids is 2. The largest absolute Gasteiger partial charge is 0.416 e. The molecule has 0 radical (unpaired) electrons. The average Bonchev–Trinajstić information content (AvgIpc) is 3.09. The van der Waals surface area contributed by atoms with Crippen molar-refractivity contribution in [1.29, 1.82) is 0 Å². The Labute approximate surface area is 286 Å². The molecule has 1 aliphatic heterocycles. The smallest absolute Gasteiger partial charge is 0.387 e. The van der Waals surface area contributed by atoms with Gasteiger partial charge in [0.15, 0.2) is 0 Å². The molecule has 0 aromatic heterocycles. The standard InChI is InChI=1S/C37H46F3N7O2/c1-4-46(5-2)23-22-45(3)26-27-12-14-28(15-13-27)35(48)43-33-17-16-31(47-20-7-6-8-21-47)25-32(33)36(49)44-34(41)18-19-42-30-11-9-10-29(24-30)37(38,39)40/h9-17,19,24-25H,4-8,18,20-23,26H2,1-3H3,(H,43,48)(H2,41,44,49). The van der Waals surface area contributed by atoms with Crippen molar-refractivity contribution in [2.75, 3.05) is 56.5 Å². The molecule has 1 aliphatic rings. The monoisotopic (exact) mass is 677 g/mol. The summed E-state index contributed by atoms with van der Waals surface area (Å²) in [5.74, 6) is -1.09. The maximum atomic E-state index is 13.5. The molecule has 262 valence electrons. The normalized spacial score (nSPS) is 14.2. The van der Waals surface area contributed by atoms with Gasteiger partial charge in [0, 0.05) is 56.6 Å². The Bertz CT molecular complexity index is 1610. The van der Waals surface area contributed by atoms with Crippen LogP contribution in [0, 0.1) is 0 Å². The SMILES string of the molecule is CCN(CC)CCN(C)Cc1ccc(C(=O)Nc2ccc(N3CCCCC3)cc2C(=O)N=C(N)CC=Nc2cccc(C(F)(F)F)c2)cc1. The maximum Gasteiger partial charge on any atom is 0.416 e. The van der Waals surface area contributed by atoms with Crippen LogP contribution in [0.2, 0.25) is 0 Å². The summed E-state index contributed by atoms with van der Waals surface area (Å²) in [5, 5.41) is 2.88. The van der Waals surface area contributed by atoms with E-state index in [9.17, 15) is 22.8 Å². The molecule has 0 unspecified atom stereocenters. The van der Waals surface area contributed by atoms with E-state index < -0.39 is 17.6 Å². The van der Waals surface area contributed by atoms with Crippen molar-refractivity contribution in [1.82, 2.24) is 9.80 Å². The fourth-order valence-electron chi connectivity index (χ4n) is 5.61. The van der Waals surface area contributed by atoms with Gasteiger partial charge in [0.05, 0.1) is 22.5 Å². The molecule has 9 nitrogen and oxygen atoms in total. The lowest BCUT2D eigenvalue weighted by molar-refractivity contribution is -0.137. The number of alkyl halides is 3. The third-order valence-corrected chi connectivity index (χ3v) is 8.52. The van der Waals surface area contributed by atoms with Crippen LogP contribution in [-0.2, 0) is 12.7 Å². The van der Waals surface area contributed by atoms with Gasteiger partial charge < -0.3 is 25.8 Å². The fourth-order valence-corrected chi connectivity index (χ4v) is 5.61. The van der Waals surface area contributed by atoms with E-state index in [-0.39, 0.29) is 29.4 Å². The van der Waals surface area contributed by atoms with Crippen LogP contribution < -0.4 is 16.0 Å². The summed E-state index contributed by atoms with van der Waals surface area (Å²) in [7, 11) is 2.08. The van der Waals surface area contributed by atoms with Crippen LogP contribution in [-0.4, -0.2) is 80.0 Å². The van der Waals surface area contributed by atoms with Crippen molar-refractivity contribution in [3.05, 3.63) is 89.0 Å². The number of aliphatic imine (C=N–C) groups is 2. The lowest BCUT2D eigenvalue weighted by Crippen LogP contribution is -2.32. The van der Waals surface area contributed by atoms with Gasteiger partial charge in [-0.05, 0) is 93.5 Å². The van der Waals surface area contributed by atoms with E-state index in [1.807, 2.05) is 18.2 Å². The highest BCUT2D eigenvalue weighted by Crippen LogP contribution is 2.31. The lowest BCUT2D eigenvalue weighted by atomic mass is 10.1. The summed E-state index contributed by atoms with van der Waals surface area (Å²) >= 11 is 0. The van der Waals surface area contributed by atoms with E-state index in [2.05, 4.69) is 50.9 Å². The molecule has 1 heterocycles. The number of amides is 2. The van der Waals surface area contributed by atoms with E-state index in [1.54, 1.807) is 24.3 Å². The van der Waals surface area contributed by atoms with E-state index in [0.29, 0.717) is 11.3 Å². The van der Waals surface area contributed by atoms with Crippen molar-refractivity contribution >= 4 is 40.9 Å². The van der Waals surface area contributed by atoms with Crippen LogP contribution in [0.1, 0.15) is 71.4 Å². The van der Waals surface area contributed by atoms with Crippen molar-refractivity contribution in [2.24, 2.45) is 15.7 Å². The van der Waals surface area contributed by atoms with E-state index in [1.165, 1.54) is 18.3 Å². The molecule has 4 rings (SSSR count). The molecule has 1 saturated heterocycles. The number of nitrogens with two attached hydrogens (primary N) is 1. The number of nitrogens with one attached hydrogen (secondary N) is 1. The molecule has 3 N–H and O–H groups in total. The molecule has 0 spiro atoms. The highest BCUT2D eigenvalue weighted by Gasteiger charge is 2.30. The summed E-state index contributed by atoms with van der Waals surface area (Å²) in [5.41, 5.74) is 8.19. The number of nitrogens with zero attached hydrogens (tertiary/aromatic N) is 5. The Kier molecular flexibility index (Phi) is 13.5. The van der Waals surface area contributed by atoms with Crippen molar-refractivity contribution < 1.29 is 22.8 Å². The number of likely N-dealkylation sites (N-methyl/N-ethyl adjacent to an activating group) is 2. The molecule has 0 aliphatic carbocycles. The molecule has 12 heteroatoms. The molecule has 0 atom stereocenters. The van der Waals surface area contributed by atoms with Crippen molar-refractivity contribution in [3.8, 4) is 0 Å². The van der Waals surface area contributed by atoms with Gasteiger partial charge in [0.1, 0.15) is 5.84 Å². The second kappa shape index (κ2) is 17.7. The minimum Gasteiger partial charge on any atom is -0.387 e. The van der Waals surface area contributed by atoms with Gasteiger partial charge in [0.25, 0.3) is 11.8 Å². The van der Waals surface area contributed by atoms with Crippen LogP contribution in [0.15, 0.2) is 76.7 Å². The van der Waals surface area contributed by atoms with Crippen LogP contribution in [0.4, 0.5) is 30.2 Å². The van der Waals surface area contributed by atoms with Crippen LogP contribution in [0.3, 0.4) is 0 Å². The zero-order valence-corrected chi connectivity index (χ0v) is 28.5. The van der Waals surface area contributed by atoms with Crippen molar-refractivity contribution in [3.63, 3.8) is 0 Å². The highest BCUT2D eigenvalue weighted by molar-refractivity contribution is 6.12. The second-order valence-electron chi connectivity index (χ2n) is 12.2. The number of anilines is 2. The number of amidine groups is 1. The van der Waals surface area contributed by atoms with E-state index in [0.717, 1.165) is 88.5 Å². The minimum absolute atomic E-state index is 0.0630. The van der Waals surface area contributed by atoms with Crippen LogP contribution >= 0.6 is 0 Å². The molecule has 3 aromatic carbocycles. The van der Waals surface area contributed by atoms with Gasteiger partial charge in [-0.3, -0.25) is 14.6 Å². The summed E-state index contributed by atoms with van der Waals surface area (Å²) < 4.78 is 39.1. The van der Waals surface area contributed by atoms with Crippen LogP contribution in [0.5, 0.6) is 0 Å². The molecular formula is C37H46F3N7O2. The molecule has 0 saturated carbocycles. The number of hydrogen-bond acceptors (Lipinski definition) is 6. The Morgan fingerprint density at radius 2 is 1.67 bits per heavy atom. The molecule has 2 amide bonds. The topological polar surface area (TPSA) is 107 Å². The number of halogens is 3. The predicted molar refractivity (Wildman–Crippen MR) is 191 cm³/mol. The first-order valence-corrected chi connectivity index (χ1v) is 16.7. The van der Waals surface area contributed by atoms with Gasteiger partial charge >= 0.3 is 6.18 Å². The first kappa shape index (κ1) is 37.3.